The van der Waals surface area contributed by atoms with Crippen molar-refractivity contribution in [1.29, 1.82) is 0 Å². The van der Waals surface area contributed by atoms with Crippen LogP contribution in [0.1, 0.15) is 39.7 Å². The molecule has 1 aliphatic carbocycles. The van der Waals surface area contributed by atoms with Crippen LogP contribution >= 0.6 is 35.2 Å². The SMILES string of the molecule is CC1CCc2c(sc(NC(=S)NC(=O)/C=C/c3ccc(Cl)cc3)c2C(N)=O)C1. The van der Waals surface area contributed by atoms with Crippen LogP contribution in [0.2, 0.25) is 5.02 Å². The maximum absolute atomic E-state index is 12.1. The number of rotatable bonds is 4. The summed E-state index contributed by atoms with van der Waals surface area (Å²) in [5.74, 6) is -0.279. The zero-order valence-corrected chi connectivity index (χ0v) is 17.6. The van der Waals surface area contributed by atoms with Gasteiger partial charge in [0.15, 0.2) is 5.11 Å². The van der Waals surface area contributed by atoms with Crippen molar-refractivity contribution in [3.63, 3.8) is 0 Å². The van der Waals surface area contributed by atoms with Gasteiger partial charge in [0.25, 0.3) is 5.91 Å². The first kappa shape index (κ1) is 20.5. The van der Waals surface area contributed by atoms with Crippen molar-refractivity contribution in [1.82, 2.24) is 5.32 Å². The highest BCUT2D eigenvalue weighted by molar-refractivity contribution is 7.80. The number of anilines is 1. The Morgan fingerprint density at radius 3 is 2.71 bits per heavy atom. The molecule has 1 aromatic carbocycles. The third kappa shape index (κ3) is 4.98. The Labute approximate surface area is 178 Å². The lowest BCUT2D eigenvalue weighted by molar-refractivity contribution is -0.115. The van der Waals surface area contributed by atoms with Crippen LogP contribution in [0.15, 0.2) is 30.3 Å². The number of hydrogen-bond donors (Lipinski definition) is 3. The maximum Gasteiger partial charge on any atom is 0.251 e. The number of amides is 2. The molecule has 1 atom stereocenters. The van der Waals surface area contributed by atoms with Crippen LogP contribution < -0.4 is 16.4 Å². The van der Waals surface area contributed by atoms with E-state index in [9.17, 15) is 9.59 Å². The van der Waals surface area contributed by atoms with Crippen molar-refractivity contribution < 1.29 is 9.59 Å². The van der Waals surface area contributed by atoms with Gasteiger partial charge in [0, 0.05) is 16.0 Å². The molecule has 2 amide bonds. The number of carbonyl (C=O) groups excluding carboxylic acids is 2. The summed E-state index contributed by atoms with van der Waals surface area (Å²) < 4.78 is 0. The minimum atomic E-state index is -0.480. The molecule has 0 radical (unpaired) electrons. The zero-order chi connectivity index (χ0) is 20.3. The number of halogens is 1. The van der Waals surface area contributed by atoms with Gasteiger partial charge in [0.1, 0.15) is 5.00 Å². The Bertz CT molecular complexity index is 951. The van der Waals surface area contributed by atoms with Crippen molar-refractivity contribution in [3.05, 3.63) is 56.9 Å². The molecule has 1 aromatic heterocycles. The number of nitrogens with two attached hydrogens (primary N) is 1. The summed E-state index contributed by atoms with van der Waals surface area (Å²) in [6.07, 6.45) is 5.82. The van der Waals surface area contributed by atoms with Crippen molar-refractivity contribution in [2.24, 2.45) is 11.7 Å². The molecule has 0 saturated heterocycles. The van der Waals surface area contributed by atoms with E-state index < -0.39 is 5.91 Å². The molecule has 4 N–H and O–H groups in total. The van der Waals surface area contributed by atoms with Gasteiger partial charge in [0.2, 0.25) is 5.91 Å². The van der Waals surface area contributed by atoms with Gasteiger partial charge < -0.3 is 11.1 Å². The van der Waals surface area contributed by atoms with Gasteiger partial charge in [-0.2, -0.15) is 0 Å². The van der Waals surface area contributed by atoms with E-state index in [-0.39, 0.29) is 11.0 Å². The molecule has 1 aliphatic rings. The smallest absolute Gasteiger partial charge is 0.251 e. The van der Waals surface area contributed by atoms with E-state index in [1.54, 1.807) is 30.3 Å². The van der Waals surface area contributed by atoms with Gasteiger partial charge in [-0.1, -0.05) is 30.7 Å². The molecule has 1 heterocycles. The van der Waals surface area contributed by atoms with Crippen molar-refractivity contribution in [2.75, 3.05) is 5.32 Å². The number of carbonyl (C=O) groups is 2. The van der Waals surface area contributed by atoms with E-state index in [0.717, 1.165) is 35.3 Å². The van der Waals surface area contributed by atoms with Crippen molar-refractivity contribution in [3.8, 4) is 0 Å². The standard InChI is InChI=1S/C20H20ClN3O2S2/c1-11-2-8-14-15(10-11)28-19(17(14)18(22)26)24-20(27)23-16(25)9-5-12-3-6-13(21)7-4-12/h3-7,9,11H,2,8,10H2,1H3,(H2,22,26)(H2,23,24,25,27)/b9-5+. The first-order chi connectivity index (χ1) is 13.3. The van der Waals surface area contributed by atoms with Crippen LogP contribution in [-0.4, -0.2) is 16.9 Å². The Kier molecular flexibility index (Phi) is 6.49. The lowest BCUT2D eigenvalue weighted by Crippen LogP contribution is -2.33. The summed E-state index contributed by atoms with van der Waals surface area (Å²) in [6.45, 7) is 2.19. The highest BCUT2D eigenvalue weighted by Gasteiger charge is 2.26. The molecule has 5 nitrogen and oxygen atoms in total. The average Bonchev–Trinajstić information content (AvgIpc) is 2.97. The van der Waals surface area contributed by atoms with Gasteiger partial charge in [-0.3, -0.25) is 14.9 Å². The van der Waals surface area contributed by atoms with Crippen LogP contribution in [0.4, 0.5) is 5.00 Å². The number of thiocarbonyl (C=S) groups is 1. The highest BCUT2D eigenvalue weighted by Crippen LogP contribution is 2.39. The molecule has 1 unspecified atom stereocenters. The van der Waals surface area contributed by atoms with E-state index in [0.29, 0.717) is 21.5 Å². The molecule has 8 heteroatoms. The largest absolute Gasteiger partial charge is 0.365 e. The first-order valence-corrected chi connectivity index (χ1v) is 10.4. The highest BCUT2D eigenvalue weighted by atomic mass is 35.5. The molecule has 0 bridgehead atoms. The minimum Gasteiger partial charge on any atom is -0.365 e. The first-order valence-electron chi connectivity index (χ1n) is 8.83. The molecule has 0 spiro atoms. The molecule has 0 aliphatic heterocycles. The third-order valence-electron chi connectivity index (χ3n) is 4.52. The summed E-state index contributed by atoms with van der Waals surface area (Å²) in [5, 5.41) is 6.91. The lowest BCUT2D eigenvalue weighted by Gasteiger charge is -2.18. The van der Waals surface area contributed by atoms with E-state index in [4.69, 9.17) is 29.6 Å². The monoisotopic (exact) mass is 433 g/mol. The van der Waals surface area contributed by atoms with Gasteiger partial charge in [-0.15, -0.1) is 11.3 Å². The molecule has 146 valence electrons. The van der Waals surface area contributed by atoms with Gasteiger partial charge in [-0.25, -0.2) is 0 Å². The Hall–Kier alpha value is -2.22. The minimum absolute atomic E-state index is 0.125. The van der Waals surface area contributed by atoms with Crippen LogP contribution in [-0.2, 0) is 17.6 Å². The predicted molar refractivity (Wildman–Crippen MR) is 119 cm³/mol. The molecule has 0 saturated carbocycles. The average molecular weight is 434 g/mol. The fourth-order valence-corrected chi connectivity index (χ4v) is 4.95. The number of fused-ring (bicyclic) bond motifs is 1. The fourth-order valence-electron chi connectivity index (χ4n) is 3.13. The molecule has 0 fully saturated rings. The molecular formula is C20H20ClN3O2S2. The van der Waals surface area contributed by atoms with E-state index >= 15 is 0 Å². The molecule has 28 heavy (non-hydrogen) atoms. The van der Waals surface area contributed by atoms with Crippen LogP contribution in [0.3, 0.4) is 0 Å². The summed E-state index contributed by atoms with van der Waals surface area (Å²) in [7, 11) is 0. The van der Waals surface area contributed by atoms with E-state index in [2.05, 4.69) is 17.6 Å². The summed E-state index contributed by atoms with van der Waals surface area (Å²) in [4.78, 5) is 25.2. The topological polar surface area (TPSA) is 84.2 Å². The number of primary amides is 1. The van der Waals surface area contributed by atoms with Gasteiger partial charge >= 0.3 is 0 Å². The quantitative estimate of drug-likeness (QED) is 0.499. The molecule has 2 aromatic rings. The lowest BCUT2D eigenvalue weighted by atomic mass is 9.88. The maximum atomic E-state index is 12.1. The van der Waals surface area contributed by atoms with Crippen molar-refractivity contribution in [2.45, 2.75) is 26.2 Å². The van der Waals surface area contributed by atoms with Crippen LogP contribution in [0.5, 0.6) is 0 Å². The number of thiophene rings is 1. The van der Waals surface area contributed by atoms with Crippen molar-refractivity contribution >= 4 is 63.2 Å². The second-order valence-electron chi connectivity index (χ2n) is 6.75. The van der Waals surface area contributed by atoms with Gasteiger partial charge in [-0.05, 0) is 66.7 Å². The van der Waals surface area contributed by atoms with Crippen LogP contribution in [0, 0.1) is 5.92 Å². The predicted octanol–water partition coefficient (Wildman–Crippen LogP) is 4.15. The van der Waals surface area contributed by atoms with Gasteiger partial charge in [0.05, 0.1) is 5.56 Å². The number of nitrogens with one attached hydrogen (secondary N) is 2. The number of hydrogen-bond acceptors (Lipinski definition) is 4. The normalized spacial score (nSPS) is 15.9. The summed E-state index contributed by atoms with van der Waals surface area (Å²) >= 11 is 12.6. The van der Waals surface area contributed by atoms with E-state index in [1.165, 1.54) is 17.4 Å². The Morgan fingerprint density at radius 1 is 1.32 bits per heavy atom. The summed E-state index contributed by atoms with van der Waals surface area (Å²) in [6, 6.07) is 7.10. The third-order valence-corrected chi connectivity index (χ3v) is 6.14. The number of benzene rings is 1. The van der Waals surface area contributed by atoms with E-state index in [1.807, 2.05) is 0 Å². The fraction of sp³-hybridized carbons (Fsp3) is 0.250. The second kappa shape index (κ2) is 8.86. The Morgan fingerprint density at radius 2 is 2.04 bits per heavy atom. The summed E-state index contributed by atoms with van der Waals surface area (Å²) in [5.41, 5.74) is 7.93. The second-order valence-corrected chi connectivity index (χ2v) is 8.70. The Balaban J connectivity index is 1.67. The van der Waals surface area contributed by atoms with Crippen LogP contribution in [0.25, 0.3) is 6.08 Å². The molecular weight excluding hydrogens is 414 g/mol. The zero-order valence-electron chi connectivity index (χ0n) is 15.3. The molecule has 3 rings (SSSR count).